The first-order valence-electron chi connectivity index (χ1n) is 16.5. The fourth-order valence-electron chi connectivity index (χ4n) is 5.18. The first kappa shape index (κ1) is 38.4. The Kier molecular flexibility index (Phi) is 18.4. The van der Waals surface area contributed by atoms with Crippen molar-refractivity contribution in [3.8, 4) is 0 Å². The normalized spacial score (nSPS) is 18.3. The second kappa shape index (κ2) is 22.5. The molecule has 1 aromatic carbocycles. The van der Waals surface area contributed by atoms with E-state index in [-0.39, 0.29) is 60.9 Å². The average molecular weight is 679 g/mol. The zero-order valence-corrected chi connectivity index (χ0v) is 28.2. The van der Waals surface area contributed by atoms with Crippen molar-refractivity contribution in [3.63, 3.8) is 0 Å². The van der Waals surface area contributed by atoms with Gasteiger partial charge in [0.05, 0.1) is 77.8 Å². The van der Waals surface area contributed by atoms with Crippen molar-refractivity contribution in [2.45, 2.75) is 75.6 Å². The highest BCUT2D eigenvalue weighted by molar-refractivity contribution is 8.00. The number of amides is 4. The molecular formula is C33H50N4O9S. The molecule has 3 rings (SSSR count). The SMILES string of the molecule is CC(=O)CC(=O)CCc1ccc(NC(=O)CCOCCOCCOCCOCCNC(=O)CCCCC2SC[C@H]3NC(=O)N[C@@H]23)cc1. The second-order valence-electron chi connectivity index (χ2n) is 11.6. The first-order valence-corrected chi connectivity index (χ1v) is 17.5. The first-order chi connectivity index (χ1) is 22.8. The Morgan fingerprint density at radius 1 is 0.809 bits per heavy atom. The Morgan fingerprint density at radius 2 is 1.47 bits per heavy atom. The molecule has 47 heavy (non-hydrogen) atoms. The van der Waals surface area contributed by atoms with Gasteiger partial charge in [-0.15, -0.1) is 0 Å². The lowest BCUT2D eigenvalue weighted by atomic mass is 10.0. The van der Waals surface area contributed by atoms with Crippen LogP contribution in [-0.4, -0.2) is 112 Å². The fourth-order valence-corrected chi connectivity index (χ4v) is 6.72. The molecule has 2 fully saturated rings. The van der Waals surface area contributed by atoms with Gasteiger partial charge in [-0.25, -0.2) is 4.79 Å². The molecule has 0 bridgehead atoms. The summed E-state index contributed by atoms with van der Waals surface area (Å²) in [6.07, 6.45) is 4.37. The van der Waals surface area contributed by atoms with Crippen molar-refractivity contribution >= 4 is 46.9 Å². The van der Waals surface area contributed by atoms with Crippen LogP contribution in [-0.2, 0) is 44.5 Å². The molecule has 4 amide bonds. The number of carbonyl (C=O) groups excluding carboxylic acids is 5. The quantitative estimate of drug-likeness (QED) is 0.0648. The van der Waals surface area contributed by atoms with E-state index >= 15 is 0 Å². The van der Waals surface area contributed by atoms with Gasteiger partial charge in [0.2, 0.25) is 11.8 Å². The monoisotopic (exact) mass is 678 g/mol. The number of ether oxygens (including phenoxy) is 4. The summed E-state index contributed by atoms with van der Waals surface area (Å²) >= 11 is 1.89. The zero-order chi connectivity index (χ0) is 33.7. The molecule has 14 heteroatoms. The van der Waals surface area contributed by atoms with Crippen LogP contribution in [0.2, 0.25) is 0 Å². The third-order valence-corrected chi connectivity index (χ3v) is 9.12. The Morgan fingerprint density at radius 3 is 2.15 bits per heavy atom. The van der Waals surface area contributed by atoms with Crippen LogP contribution in [0.3, 0.4) is 0 Å². The minimum Gasteiger partial charge on any atom is -0.379 e. The number of hydrogen-bond donors (Lipinski definition) is 4. The van der Waals surface area contributed by atoms with E-state index in [0.717, 1.165) is 30.6 Å². The van der Waals surface area contributed by atoms with Gasteiger partial charge in [-0.05, 0) is 43.9 Å². The Bertz CT molecular complexity index is 1140. The molecule has 0 radical (unpaired) electrons. The molecular weight excluding hydrogens is 628 g/mol. The van der Waals surface area contributed by atoms with E-state index in [0.29, 0.717) is 83.0 Å². The van der Waals surface area contributed by atoms with E-state index in [1.165, 1.54) is 6.92 Å². The Hall–Kier alpha value is -3.04. The van der Waals surface area contributed by atoms with Crippen molar-refractivity contribution in [2.24, 2.45) is 0 Å². The predicted octanol–water partition coefficient (Wildman–Crippen LogP) is 2.40. The molecule has 3 atom stereocenters. The summed E-state index contributed by atoms with van der Waals surface area (Å²) in [5, 5.41) is 12.1. The van der Waals surface area contributed by atoms with E-state index in [2.05, 4.69) is 21.3 Å². The smallest absolute Gasteiger partial charge is 0.315 e. The van der Waals surface area contributed by atoms with Crippen molar-refractivity contribution in [3.05, 3.63) is 29.8 Å². The van der Waals surface area contributed by atoms with Gasteiger partial charge in [-0.2, -0.15) is 11.8 Å². The number of unbranched alkanes of at least 4 members (excludes halogenated alkanes) is 1. The average Bonchev–Trinajstić information content (AvgIpc) is 3.59. The number of nitrogens with one attached hydrogen (secondary N) is 4. The van der Waals surface area contributed by atoms with Crippen LogP contribution in [0.1, 0.15) is 57.4 Å². The van der Waals surface area contributed by atoms with Crippen LogP contribution in [0, 0.1) is 0 Å². The molecule has 2 heterocycles. The second-order valence-corrected chi connectivity index (χ2v) is 12.9. The van der Waals surface area contributed by atoms with Gasteiger partial charge in [-0.1, -0.05) is 18.6 Å². The molecule has 0 spiro atoms. The number of thioether (sulfide) groups is 1. The molecule has 4 N–H and O–H groups in total. The number of carbonyl (C=O) groups is 5. The zero-order valence-electron chi connectivity index (χ0n) is 27.4. The van der Waals surface area contributed by atoms with Crippen LogP contribution < -0.4 is 21.3 Å². The Balaban J connectivity index is 1.03. The van der Waals surface area contributed by atoms with Crippen LogP contribution in [0.5, 0.6) is 0 Å². The summed E-state index contributed by atoms with van der Waals surface area (Å²) in [4.78, 5) is 58.3. The predicted molar refractivity (Wildman–Crippen MR) is 179 cm³/mol. The van der Waals surface area contributed by atoms with Gasteiger partial charge in [0.1, 0.15) is 11.6 Å². The molecule has 0 aliphatic carbocycles. The molecule has 13 nitrogen and oxygen atoms in total. The van der Waals surface area contributed by atoms with Crippen LogP contribution in [0.15, 0.2) is 24.3 Å². The fraction of sp³-hybridized carbons (Fsp3) is 0.667. The molecule has 1 aromatic rings. The highest BCUT2D eigenvalue weighted by Gasteiger charge is 2.42. The lowest BCUT2D eigenvalue weighted by Gasteiger charge is -2.16. The minimum atomic E-state index is -0.156. The minimum absolute atomic E-state index is 0.0230. The number of benzene rings is 1. The standard InChI is InChI=1S/C33H50N4O9S/c1-24(38)22-27(39)11-8-25-6-9-26(10-7-25)35-31(41)12-14-43-16-18-45-20-21-46-19-17-44-15-13-34-30(40)5-3-2-4-29-32-28(23-47-29)36-33(42)37-32/h6-7,9-10,28-29,32H,2-5,8,11-23H2,1H3,(H,34,40)(H,35,41)(H2,36,37,42)/t28-,29?,32-/m1/s1. The summed E-state index contributed by atoms with van der Waals surface area (Å²) in [6, 6.07) is 7.68. The number of Topliss-reactive ketones (excluding diaryl/α,β-unsaturated/α-hetero) is 2. The van der Waals surface area contributed by atoms with Gasteiger partial charge in [-0.3, -0.25) is 19.2 Å². The summed E-state index contributed by atoms with van der Waals surface area (Å²) in [5.74, 6) is 0.631. The van der Waals surface area contributed by atoms with Gasteiger partial charge < -0.3 is 40.2 Å². The number of aryl methyl sites for hydroxylation is 1. The van der Waals surface area contributed by atoms with E-state index in [4.69, 9.17) is 18.9 Å². The largest absolute Gasteiger partial charge is 0.379 e. The lowest BCUT2D eigenvalue weighted by molar-refractivity contribution is -0.126. The molecule has 0 saturated carbocycles. The maximum absolute atomic E-state index is 12.1. The maximum atomic E-state index is 12.1. The van der Waals surface area contributed by atoms with Gasteiger partial charge in [0, 0.05) is 36.1 Å². The molecule has 262 valence electrons. The topological polar surface area (TPSA) is 170 Å². The van der Waals surface area contributed by atoms with Crippen LogP contribution >= 0.6 is 11.8 Å². The summed E-state index contributed by atoms with van der Waals surface area (Å²) < 4.78 is 21.9. The lowest BCUT2D eigenvalue weighted by Crippen LogP contribution is -2.36. The van der Waals surface area contributed by atoms with Crippen LogP contribution in [0.25, 0.3) is 0 Å². The Labute approximate surface area is 281 Å². The van der Waals surface area contributed by atoms with E-state index in [9.17, 15) is 24.0 Å². The molecule has 2 saturated heterocycles. The van der Waals surface area contributed by atoms with Gasteiger partial charge >= 0.3 is 6.03 Å². The van der Waals surface area contributed by atoms with Gasteiger partial charge in [0.15, 0.2) is 0 Å². The van der Waals surface area contributed by atoms with Crippen molar-refractivity contribution in [1.29, 1.82) is 0 Å². The highest BCUT2D eigenvalue weighted by Crippen LogP contribution is 2.33. The van der Waals surface area contributed by atoms with Crippen molar-refractivity contribution in [2.75, 3.05) is 70.5 Å². The molecule has 0 aromatic heterocycles. The highest BCUT2D eigenvalue weighted by atomic mass is 32.2. The number of urea groups is 1. The van der Waals surface area contributed by atoms with E-state index in [1.54, 1.807) is 12.1 Å². The molecule has 2 aliphatic heterocycles. The number of anilines is 1. The van der Waals surface area contributed by atoms with E-state index in [1.807, 2.05) is 23.9 Å². The third kappa shape index (κ3) is 16.6. The van der Waals surface area contributed by atoms with Crippen molar-refractivity contribution in [1.82, 2.24) is 16.0 Å². The third-order valence-electron chi connectivity index (χ3n) is 7.62. The number of fused-ring (bicyclic) bond motifs is 1. The van der Waals surface area contributed by atoms with Crippen LogP contribution in [0.4, 0.5) is 10.5 Å². The molecule has 2 aliphatic rings. The number of hydrogen-bond acceptors (Lipinski definition) is 10. The van der Waals surface area contributed by atoms with Gasteiger partial charge in [0.25, 0.3) is 0 Å². The maximum Gasteiger partial charge on any atom is 0.315 e. The number of ketones is 2. The summed E-state index contributed by atoms with van der Waals surface area (Å²) in [7, 11) is 0. The number of rotatable bonds is 26. The summed E-state index contributed by atoms with van der Waals surface area (Å²) in [6.45, 7) is 5.06. The van der Waals surface area contributed by atoms with E-state index < -0.39 is 0 Å². The molecule has 1 unspecified atom stereocenters. The summed E-state index contributed by atoms with van der Waals surface area (Å²) in [5.41, 5.74) is 1.64. The van der Waals surface area contributed by atoms with Crippen molar-refractivity contribution < 1.29 is 42.9 Å².